The number of allylic oxidation sites excluding steroid dienone is 4. The molecule has 2 unspecified atom stereocenters. The van der Waals surface area contributed by atoms with E-state index in [-0.39, 0.29) is 0 Å². The van der Waals surface area contributed by atoms with Gasteiger partial charge < -0.3 is 0 Å². The van der Waals surface area contributed by atoms with Gasteiger partial charge in [-0.2, -0.15) is 0 Å². The highest BCUT2D eigenvalue weighted by Gasteiger charge is 2.24. The van der Waals surface area contributed by atoms with E-state index in [2.05, 4.69) is 32.1 Å². The van der Waals surface area contributed by atoms with Crippen LogP contribution in [0.15, 0.2) is 23.8 Å². The fourth-order valence-corrected chi connectivity index (χ4v) is 2.61. The lowest BCUT2D eigenvalue weighted by Crippen LogP contribution is -2.19. The average Bonchev–Trinajstić information content (AvgIpc) is 2.17. The zero-order chi connectivity index (χ0) is 9.26. The van der Waals surface area contributed by atoms with Crippen molar-refractivity contribution in [2.24, 2.45) is 17.8 Å². The van der Waals surface area contributed by atoms with Crippen molar-refractivity contribution >= 4 is 0 Å². The molecule has 2 rings (SSSR count). The highest BCUT2D eigenvalue weighted by Crippen LogP contribution is 2.37. The van der Waals surface area contributed by atoms with Crippen LogP contribution in [0.5, 0.6) is 0 Å². The van der Waals surface area contributed by atoms with Gasteiger partial charge in [-0.3, -0.25) is 0 Å². The van der Waals surface area contributed by atoms with Crippen LogP contribution in [0.2, 0.25) is 0 Å². The standard InChI is InChI=1S/C13H20/c1-10(2)12-8-7-11-5-3-4-6-13(11)9-12/h4,6,9-11,13H,3,5,7-8H2,1-2H3. The highest BCUT2D eigenvalue weighted by atomic mass is 14.3. The van der Waals surface area contributed by atoms with Gasteiger partial charge >= 0.3 is 0 Å². The molecule has 0 aromatic carbocycles. The van der Waals surface area contributed by atoms with Crippen molar-refractivity contribution in [2.75, 3.05) is 0 Å². The summed E-state index contributed by atoms with van der Waals surface area (Å²) in [6.45, 7) is 4.64. The second-order valence-corrected chi connectivity index (χ2v) is 4.78. The summed E-state index contributed by atoms with van der Waals surface area (Å²) in [7, 11) is 0. The maximum absolute atomic E-state index is 2.54. The first kappa shape index (κ1) is 9.05. The van der Waals surface area contributed by atoms with E-state index < -0.39 is 0 Å². The summed E-state index contributed by atoms with van der Waals surface area (Å²) in [4.78, 5) is 0. The number of rotatable bonds is 1. The van der Waals surface area contributed by atoms with E-state index in [4.69, 9.17) is 0 Å². The molecule has 0 N–H and O–H groups in total. The fourth-order valence-electron chi connectivity index (χ4n) is 2.61. The Bertz CT molecular complexity index is 232. The minimum absolute atomic E-state index is 0.760. The van der Waals surface area contributed by atoms with Crippen molar-refractivity contribution in [3.05, 3.63) is 23.8 Å². The monoisotopic (exact) mass is 176 g/mol. The van der Waals surface area contributed by atoms with Crippen molar-refractivity contribution in [1.29, 1.82) is 0 Å². The molecule has 2 aliphatic rings. The lowest BCUT2D eigenvalue weighted by Gasteiger charge is -2.32. The van der Waals surface area contributed by atoms with Gasteiger partial charge in [0.1, 0.15) is 0 Å². The van der Waals surface area contributed by atoms with Gasteiger partial charge in [0.25, 0.3) is 0 Å². The summed E-state index contributed by atoms with van der Waals surface area (Å²) in [5.74, 6) is 2.50. The maximum atomic E-state index is 2.54. The first-order valence-electron chi connectivity index (χ1n) is 5.64. The summed E-state index contributed by atoms with van der Waals surface area (Å²) in [6.07, 6.45) is 12.8. The molecule has 0 heteroatoms. The molecule has 0 radical (unpaired) electrons. The zero-order valence-corrected chi connectivity index (χ0v) is 8.79. The van der Waals surface area contributed by atoms with Crippen molar-refractivity contribution in [3.8, 4) is 0 Å². The van der Waals surface area contributed by atoms with E-state index in [1.54, 1.807) is 5.57 Å². The number of fused-ring (bicyclic) bond motifs is 1. The van der Waals surface area contributed by atoms with E-state index in [1.165, 1.54) is 25.7 Å². The summed E-state index contributed by atoms with van der Waals surface area (Å²) >= 11 is 0. The van der Waals surface area contributed by atoms with Gasteiger partial charge in [-0.15, -0.1) is 0 Å². The molecule has 0 aromatic rings. The topological polar surface area (TPSA) is 0 Å². The summed E-state index contributed by atoms with van der Waals surface area (Å²) < 4.78 is 0. The zero-order valence-electron chi connectivity index (χ0n) is 8.79. The van der Waals surface area contributed by atoms with Gasteiger partial charge in [0.2, 0.25) is 0 Å². The van der Waals surface area contributed by atoms with Crippen molar-refractivity contribution in [1.82, 2.24) is 0 Å². The Labute approximate surface area is 81.7 Å². The number of hydrogen-bond donors (Lipinski definition) is 0. The van der Waals surface area contributed by atoms with Gasteiger partial charge in [-0.25, -0.2) is 0 Å². The Morgan fingerprint density at radius 3 is 2.92 bits per heavy atom. The Hall–Kier alpha value is -0.520. The molecule has 0 aromatic heterocycles. The molecule has 0 saturated heterocycles. The molecule has 72 valence electrons. The highest BCUT2D eigenvalue weighted by molar-refractivity contribution is 5.17. The molecular formula is C13H20. The van der Waals surface area contributed by atoms with E-state index >= 15 is 0 Å². The minimum atomic E-state index is 0.760. The van der Waals surface area contributed by atoms with Gasteiger partial charge in [0, 0.05) is 0 Å². The van der Waals surface area contributed by atoms with Crippen molar-refractivity contribution in [2.45, 2.75) is 39.5 Å². The van der Waals surface area contributed by atoms with Crippen LogP contribution in [0.3, 0.4) is 0 Å². The average molecular weight is 176 g/mol. The van der Waals surface area contributed by atoms with E-state index in [0.29, 0.717) is 0 Å². The Morgan fingerprint density at radius 2 is 2.15 bits per heavy atom. The second-order valence-electron chi connectivity index (χ2n) is 4.78. The molecule has 0 spiro atoms. The first-order chi connectivity index (χ1) is 6.27. The van der Waals surface area contributed by atoms with Gasteiger partial charge in [0.05, 0.1) is 0 Å². The van der Waals surface area contributed by atoms with Crippen LogP contribution in [-0.4, -0.2) is 0 Å². The molecule has 2 aliphatic carbocycles. The molecule has 2 atom stereocenters. The largest absolute Gasteiger partial charge is 0.0879 e. The summed E-state index contributed by atoms with van der Waals surface area (Å²) in [5, 5.41) is 0. The third-order valence-corrected chi connectivity index (χ3v) is 3.56. The summed E-state index contributed by atoms with van der Waals surface area (Å²) in [6, 6.07) is 0. The van der Waals surface area contributed by atoms with Crippen LogP contribution < -0.4 is 0 Å². The van der Waals surface area contributed by atoms with E-state index in [1.807, 2.05) is 0 Å². The quantitative estimate of drug-likeness (QED) is 0.531. The molecule has 0 aliphatic heterocycles. The molecule has 0 amide bonds. The van der Waals surface area contributed by atoms with Crippen LogP contribution in [0.1, 0.15) is 39.5 Å². The Balaban J connectivity index is 2.15. The van der Waals surface area contributed by atoms with Crippen LogP contribution in [-0.2, 0) is 0 Å². The van der Waals surface area contributed by atoms with Crippen molar-refractivity contribution < 1.29 is 0 Å². The Kier molecular flexibility index (Phi) is 2.57. The number of hydrogen-bond acceptors (Lipinski definition) is 0. The molecule has 0 heterocycles. The normalized spacial score (nSPS) is 33.0. The maximum Gasteiger partial charge on any atom is -0.00222 e. The first-order valence-corrected chi connectivity index (χ1v) is 5.64. The van der Waals surface area contributed by atoms with E-state index in [9.17, 15) is 0 Å². The van der Waals surface area contributed by atoms with Crippen LogP contribution in [0.4, 0.5) is 0 Å². The van der Waals surface area contributed by atoms with Crippen LogP contribution >= 0.6 is 0 Å². The molecule has 0 saturated carbocycles. The molecular weight excluding hydrogens is 156 g/mol. The molecule has 0 nitrogen and oxygen atoms in total. The Morgan fingerprint density at radius 1 is 1.31 bits per heavy atom. The fraction of sp³-hybridized carbons (Fsp3) is 0.692. The van der Waals surface area contributed by atoms with Crippen LogP contribution in [0.25, 0.3) is 0 Å². The predicted molar refractivity (Wildman–Crippen MR) is 57.5 cm³/mol. The SMILES string of the molecule is CC(C)C1=CC2C=CCCC2CC1. The molecule has 0 bridgehead atoms. The van der Waals surface area contributed by atoms with E-state index in [0.717, 1.165) is 17.8 Å². The predicted octanol–water partition coefficient (Wildman–Crippen LogP) is 3.95. The third-order valence-electron chi connectivity index (χ3n) is 3.56. The van der Waals surface area contributed by atoms with Crippen molar-refractivity contribution in [3.63, 3.8) is 0 Å². The third kappa shape index (κ3) is 1.87. The molecule has 0 fully saturated rings. The second kappa shape index (κ2) is 3.69. The van der Waals surface area contributed by atoms with Gasteiger partial charge in [-0.05, 0) is 43.4 Å². The van der Waals surface area contributed by atoms with Gasteiger partial charge in [-0.1, -0.05) is 37.6 Å². The van der Waals surface area contributed by atoms with Gasteiger partial charge in [0.15, 0.2) is 0 Å². The van der Waals surface area contributed by atoms with Crippen LogP contribution in [0, 0.1) is 17.8 Å². The lowest BCUT2D eigenvalue weighted by molar-refractivity contribution is 0.353. The summed E-state index contributed by atoms with van der Waals surface area (Å²) in [5.41, 5.74) is 1.69. The minimum Gasteiger partial charge on any atom is -0.0879 e. The smallest absolute Gasteiger partial charge is 0.00222 e. The molecule has 13 heavy (non-hydrogen) atoms. The lowest BCUT2D eigenvalue weighted by atomic mass is 9.74.